The van der Waals surface area contributed by atoms with Gasteiger partial charge in [0.25, 0.3) is 0 Å². The van der Waals surface area contributed by atoms with Crippen molar-refractivity contribution < 1.29 is 9.52 Å². The molecule has 78 valence electrons. The van der Waals surface area contributed by atoms with E-state index in [-0.39, 0.29) is 0 Å². The molecule has 0 amide bonds. The van der Waals surface area contributed by atoms with Crippen LogP contribution in [0.3, 0.4) is 0 Å². The van der Waals surface area contributed by atoms with E-state index < -0.39 is 6.10 Å². The van der Waals surface area contributed by atoms with E-state index in [4.69, 9.17) is 4.42 Å². The molecule has 1 heterocycles. The number of hydrogen-bond acceptors (Lipinski definition) is 3. The second-order valence-electron chi connectivity index (χ2n) is 3.95. The van der Waals surface area contributed by atoms with Gasteiger partial charge in [0.05, 0.1) is 6.26 Å². The molecule has 0 radical (unpaired) electrons. The highest BCUT2D eigenvalue weighted by molar-refractivity contribution is 5.03. The summed E-state index contributed by atoms with van der Waals surface area (Å²) in [4.78, 5) is 0. The van der Waals surface area contributed by atoms with E-state index >= 15 is 0 Å². The molecule has 0 saturated heterocycles. The highest BCUT2D eigenvalue weighted by Crippen LogP contribution is 2.33. The Hall–Kier alpha value is -0.800. The van der Waals surface area contributed by atoms with Crippen molar-refractivity contribution in [1.29, 1.82) is 0 Å². The number of aliphatic hydroxyl groups excluding tert-OH is 1. The second kappa shape index (κ2) is 4.15. The monoisotopic (exact) mass is 195 g/mol. The summed E-state index contributed by atoms with van der Waals surface area (Å²) in [5.74, 6) is 1.46. The van der Waals surface area contributed by atoms with Gasteiger partial charge in [-0.05, 0) is 24.5 Å². The highest BCUT2D eigenvalue weighted by Gasteiger charge is 2.35. The van der Waals surface area contributed by atoms with E-state index in [9.17, 15) is 5.11 Å². The number of aliphatic hydroxyl groups is 1. The molecule has 0 aromatic carbocycles. The molecular formula is C11H17NO2. The maximum Gasteiger partial charge on any atom is 0.133 e. The Balaban J connectivity index is 1.71. The molecule has 1 saturated carbocycles. The van der Waals surface area contributed by atoms with Crippen LogP contribution in [0, 0.1) is 5.92 Å². The van der Waals surface area contributed by atoms with Crippen molar-refractivity contribution in [2.75, 3.05) is 6.54 Å². The fourth-order valence-electron chi connectivity index (χ4n) is 1.79. The second-order valence-corrected chi connectivity index (χ2v) is 3.95. The van der Waals surface area contributed by atoms with Crippen LogP contribution in [0.1, 0.15) is 31.6 Å². The fraction of sp³-hybridized carbons (Fsp3) is 0.636. The van der Waals surface area contributed by atoms with Gasteiger partial charge in [-0.15, -0.1) is 0 Å². The Morgan fingerprint density at radius 2 is 2.57 bits per heavy atom. The lowest BCUT2D eigenvalue weighted by molar-refractivity contribution is 0.146. The van der Waals surface area contributed by atoms with Crippen LogP contribution in [-0.2, 0) is 0 Å². The third kappa shape index (κ3) is 2.16. The largest absolute Gasteiger partial charge is 0.467 e. The topological polar surface area (TPSA) is 45.4 Å². The first-order valence-electron chi connectivity index (χ1n) is 5.26. The van der Waals surface area contributed by atoms with Crippen molar-refractivity contribution in [3.05, 3.63) is 24.2 Å². The lowest BCUT2D eigenvalue weighted by Gasteiger charge is -2.08. The molecule has 1 aromatic rings. The lowest BCUT2D eigenvalue weighted by atomic mass is 10.2. The molecule has 3 heteroatoms. The SMILES string of the molecule is CCC1CC1NCC(O)c1ccco1. The van der Waals surface area contributed by atoms with Crippen molar-refractivity contribution in [3.8, 4) is 0 Å². The van der Waals surface area contributed by atoms with Gasteiger partial charge in [0.15, 0.2) is 0 Å². The normalized spacial score (nSPS) is 27.6. The standard InChI is InChI=1S/C11H17NO2/c1-2-8-6-9(8)12-7-10(13)11-4-3-5-14-11/h3-5,8-10,12-13H,2,6-7H2,1H3. The van der Waals surface area contributed by atoms with Gasteiger partial charge in [0, 0.05) is 12.6 Å². The molecule has 0 bridgehead atoms. The maximum absolute atomic E-state index is 9.69. The quantitative estimate of drug-likeness (QED) is 0.751. The van der Waals surface area contributed by atoms with Crippen molar-refractivity contribution in [2.24, 2.45) is 5.92 Å². The predicted molar refractivity (Wildman–Crippen MR) is 53.9 cm³/mol. The summed E-state index contributed by atoms with van der Waals surface area (Å²) in [6.07, 6.45) is 3.56. The average molecular weight is 195 g/mol. The van der Waals surface area contributed by atoms with Crippen LogP contribution in [0.15, 0.2) is 22.8 Å². The molecule has 1 aliphatic carbocycles. The van der Waals surface area contributed by atoms with E-state index in [1.165, 1.54) is 12.8 Å². The molecule has 1 aromatic heterocycles. The van der Waals surface area contributed by atoms with Crippen LogP contribution in [0.25, 0.3) is 0 Å². The highest BCUT2D eigenvalue weighted by atomic mass is 16.4. The molecule has 0 aliphatic heterocycles. The van der Waals surface area contributed by atoms with Gasteiger partial charge >= 0.3 is 0 Å². The first kappa shape index (κ1) is 9.74. The van der Waals surface area contributed by atoms with Gasteiger partial charge in [-0.25, -0.2) is 0 Å². The van der Waals surface area contributed by atoms with Crippen molar-refractivity contribution in [1.82, 2.24) is 5.32 Å². The van der Waals surface area contributed by atoms with Crippen LogP contribution in [-0.4, -0.2) is 17.7 Å². The Morgan fingerprint density at radius 1 is 1.71 bits per heavy atom. The Labute approximate surface area is 84.1 Å². The minimum absolute atomic E-state index is 0.511. The molecule has 3 nitrogen and oxygen atoms in total. The summed E-state index contributed by atoms with van der Waals surface area (Å²) in [6.45, 7) is 2.80. The van der Waals surface area contributed by atoms with Crippen LogP contribution in [0.2, 0.25) is 0 Å². The van der Waals surface area contributed by atoms with Gasteiger partial charge < -0.3 is 14.8 Å². The van der Waals surface area contributed by atoms with E-state index in [0.717, 1.165) is 5.92 Å². The Morgan fingerprint density at radius 3 is 3.14 bits per heavy atom. The van der Waals surface area contributed by atoms with E-state index in [2.05, 4.69) is 12.2 Å². The third-order valence-corrected chi connectivity index (χ3v) is 2.89. The zero-order chi connectivity index (χ0) is 9.97. The van der Waals surface area contributed by atoms with Gasteiger partial charge in [-0.3, -0.25) is 0 Å². The van der Waals surface area contributed by atoms with Crippen LogP contribution in [0.4, 0.5) is 0 Å². The predicted octanol–water partition coefficient (Wildman–Crippen LogP) is 1.70. The molecule has 0 spiro atoms. The summed E-state index contributed by atoms with van der Waals surface area (Å²) >= 11 is 0. The summed E-state index contributed by atoms with van der Waals surface area (Å²) in [5.41, 5.74) is 0. The number of rotatable bonds is 5. The third-order valence-electron chi connectivity index (χ3n) is 2.89. The fourth-order valence-corrected chi connectivity index (χ4v) is 1.79. The van der Waals surface area contributed by atoms with Crippen molar-refractivity contribution >= 4 is 0 Å². The van der Waals surface area contributed by atoms with Gasteiger partial charge in [-0.2, -0.15) is 0 Å². The molecule has 3 atom stereocenters. The van der Waals surface area contributed by atoms with E-state index in [1.807, 2.05) is 0 Å². The first-order chi connectivity index (χ1) is 6.81. The minimum Gasteiger partial charge on any atom is -0.467 e. The molecule has 14 heavy (non-hydrogen) atoms. The molecule has 3 unspecified atom stereocenters. The smallest absolute Gasteiger partial charge is 0.133 e. The number of furan rings is 1. The zero-order valence-electron chi connectivity index (χ0n) is 8.44. The maximum atomic E-state index is 9.69. The molecular weight excluding hydrogens is 178 g/mol. The van der Waals surface area contributed by atoms with Crippen molar-refractivity contribution in [3.63, 3.8) is 0 Å². The summed E-state index contributed by atoms with van der Waals surface area (Å²) in [6, 6.07) is 4.21. The van der Waals surface area contributed by atoms with Crippen molar-refractivity contribution in [2.45, 2.75) is 31.9 Å². The summed E-state index contributed by atoms with van der Waals surface area (Å²) in [5, 5.41) is 13.0. The Bertz CT molecular complexity index is 271. The molecule has 2 N–H and O–H groups in total. The van der Waals surface area contributed by atoms with Crippen LogP contribution < -0.4 is 5.32 Å². The number of nitrogens with one attached hydrogen (secondary N) is 1. The lowest BCUT2D eigenvalue weighted by Crippen LogP contribution is -2.24. The molecule has 1 aliphatic rings. The van der Waals surface area contributed by atoms with Gasteiger partial charge in [-0.1, -0.05) is 13.3 Å². The number of hydrogen-bond donors (Lipinski definition) is 2. The van der Waals surface area contributed by atoms with Crippen LogP contribution >= 0.6 is 0 Å². The zero-order valence-corrected chi connectivity index (χ0v) is 8.44. The first-order valence-corrected chi connectivity index (χ1v) is 5.26. The molecule has 1 fully saturated rings. The average Bonchev–Trinajstić information content (AvgIpc) is 2.73. The van der Waals surface area contributed by atoms with Crippen LogP contribution in [0.5, 0.6) is 0 Å². The summed E-state index contributed by atoms with van der Waals surface area (Å²) < 4.78 is 5.11. The Kier molecular flexibility index (Phi) is 2.89. The van der Waals surface area contributed by atoms with Gasteiger partial charge in [0.2, 0.25) is 0 Å². The minimum atomic E-state index is -0.511. The van der Waals surface area contributed by atoms with Gasteiger partial charge in [0.1, 0.15) is 11.9 Å². The molecule has 2 rings (SSSR count). The van der Waals surface area contributed by atoms with E-state index in [0.29, 0.717) is 18.3 Å². The van der Waals surface area contributed by atoms with E-state index in [1.54, 1.807) is 18.4 Å². The summed E-state index contributed by atoms with van der Waals surface area (Å²) in [7, 11) is 0.